The summed E-state index contributed by atoms with van der Waals surface area (Å²) in [6, 6.07) is 9.55. The molecule has 1 saturated heterocycles. The molecule has 6 nitrogen and oxygen atoms in total. The first kappa shape index (κ1) is 25.4. The fraction of sp³-hybridized carbons (Fsp3) is 0.583. The van der Waals surface area contributed by atoms with Gasteiger partial charge in [-0.2, -0.15) is 0 Å². The number of carbonyl (C=O) groups is 2. The van der Waals surface area contributed by atoms with Gasteiger partial charge in [0, 0.05) is 20.6 Å². The third kappa shape index (κ3) is 7.37. The number of allylic oxidation sites excluding steroid dienone is 1. The molecular formula is C24H35NO5S. The molecular weight excluding hydrogens is 414 g/mol. The highest BCUT2D eigenvalue weighted by Crippen LogP contribution is 2.33. The van der Waals surface area contributed by atoms with Crippen LogP contribution >= 0.6 is 11.8 Å². The maximum Gasteiger partial charge on any atom is 0.417 e. The van der Waals surface area contributed by atoms with E-state index in [0.29, 0.717) is 18.6 Å². The quantitative estimate of drug-likeness (QED) is 0.244. The van der Waals surface area contributed by atoms with E-state index in [1.807, 2.05) is 49.4 Å². The fourth-order valence-corrected chi connectivity index (χ4v) is 4.64. The number of ether oxygens (including phenoxy) is 3. The number of hydrogen-bond acceptors (Lipinski definition) is 6. The highest BCUT2D eigenvalue weighted by atomic mass is 32.2. The van der Waals surface area contributed by atoms with Crippen molar-refractivity contribution in [1.29, 1.82) is 0 Å². The van der Waals surface area contributed by atoms with Crippen LogP contribution in [0.15, 0.2) is 42.5 Å². The molecule has 1 aliphatic heterocycles. The molecule has 0 radical (unpaired) electrons. The van der Waals surface area contributed by atoms with Gasteiger partial charge in [0.05, 0.1) is 6.04 Å². The van der Waals surface area contributed by atoms with Gasteiger partial charge in [-0.3, -0.25) is 4.79 Å². The average molecular weight is 450 g/mol. The zero-order valence-electron chi connectivity index (χ0n) is 19.0. The number of rotatable bonds is 13. The number of methoxy groups -OCH3 is 2. The predicted octanol–water partition coefficient (Wildman–Crippen LogP) is 4.82. The van der Waals surface area contributed by atoms with Crippen LogP contribution < -0.4 is 0 Å². The molecule has 0 aliphatic carbocycles. The molecule has 2 rings (SSSR count). The lowest BCUT2D eigenvalue weighted by Gasteiger charge is -2.31. The van der Waals surface area contributed by atoms with Gasteiger partial charge in [-0.15, -0.1) is 11.8 Å². The maximum absolute atomic E-state index is 13.6. The monoisotopic (exact) mass is 449 g/mol. The van der Waals surface area contributed by atoms with Crippen molar-refractivity contribution >= 4 is 23.8 Å². The number of benzene rings is 1. The van der Waals surface area contributed by atoms with E-state index in [1.54, 1.807) is 14.2 Å². The number of nitrogens with zero attached hydrogens (tertiary/aromatic N) is 1. The van der Waals surface area contributed by atoms with Crippen molar-refractivity contribution in [1.82, 2.24) is 4.90 Å². The Balaban J connectivity index is 2.17. The van der Waals surface area contributed by atoms with Crippen LogP contribution in [0.5, 0.6) is 0 Å². The Morgan fingerprint density at radius 3 is 2.68 bits per heavy atom. The van der Waals surface area contributed by atoms with Crippen molar-refractivity contribution in [3.8, 4) is 0 Å². The number of amides is 2. The van der Waals surface area contributed by atoms with E-state index in [-0.39, 0.29) is 24.8 Å². The summed E-state index contributed by atoms with van der Waals surface area (Å²) in [5.74, 6) is 0.416. The third-order valence-corrected chi connectivity index (χ3v) is 6.71. The molecule has 0 N–H and O–H groups in total. The summed E-state index contributed by atoms with van der Waals surface area (Å²) in [6.45, 7) is 4.23. The summed E-state index contributed by atoms with van der Waals surface area (Å²) in [5.41, 5.74) is 1.07. The van der Waals surface area contributed by atoms with Gasteiger partial charge < -0.3 is 14.2 Å². The lowest BCUT2D eigenvalue weighted by Crippen LogP contribution is -2.49. The first-order chi connectivity index (χ1) is 14.9. The lowest BCUT2D eigenvalue weighted by atomic mass is 10.0. The van der Waals surface area contributed by atoms with Gasteiger partial charge in [0.1, 0.15) is 11.4 Å². The minimum absolute atomic E-state index is 0.217. The lowest BCUT2D eigenvalue weighted by molar-refractivity contribution is -0.130. The van der Waals surface area contributed by atoms with Crippen LogP contribution in [0.2, 0.25) is 0 Å². The smallest absolute Gasteiger partial charge is 0.417 e. The highest BCUT2D eigenvalue weighted by molar-refractivity contribution is 8.01. The molecule has 172 valence electrons. The molecule has 0 saturated carbocycles. The second kappa shape index (κ2) is 12.9. The number of carbonyl (C=O) groups excluding carboxylic acids is 2. The van der Waals surface area contributed by atoms with Crippen molar-refractivity contribution in [3.05, 3.63) is 48.0 Å². The Bertz CT molecular complexity index is 722. The Morgan fingerprint density at radius 1 is 1.32 bits per heavy atom. The Hall–Kier alpha value is -1.83. The number of imide groups is 1. The van der Waals surface area contributed by atoms with E-state index in [1.165, 1.54) is 16.7 Å². The second-order valence-corrected chi connectivity index (χ2v) is 9.33. The van der Waals surface area contributed by atoms with E-state index in [0.717, 1.165) is 24.8 Å². The summed E-state index contributed by atoms with van der Waals surface area (Å²) in [7, 11) is 3.20. The molecule has 2 amide bonds. The summed E-state index contributed by atoms with van der Waals surface area (Å²) >= 11 is 1.50. The van der Waals surface area contributed by atoms with E-state index < -0.39 is 10.8 Å². The van der Waals surface area contributed by atoms with Crippen LogP contribution in [0.4, 0.5) is 4.79 Å². The van der Waals surface area contributed by atoms with E-state index in [4.69, 9.17) is 14.2 Å². The van der Waals surface area contributed by atoms with E-state index in [2.05, 4.69) is 6.92 Å². The summed E-state index contributed by atoms with van der Waals surface area (Å²) in [6.07, 6.45) is 7.37. The van der Waals surface area contributed by atoms with Crippen molar-refractivity contribution in [2.24, 2.45) is 0 Å². The van der Waals surface area contributed by atoms with Crippen molar-refractivity contribution in [2.75, 3.05) is 26.6 Å². The molecule has 1 aromatic carbocycles. The summed E-state index contributed by atoms with van der Waals surface area (Å²) in [5, 5.41) is 0. The SMILES string of the molecule is CCCC/C=C/[C@@](C)(SCCC(OC)OC)C(=O)N1C(=O)OC[C@@H]1Cc1ccccc1. The second-order valence-electron chi connectivity index (χ2n) is 7.79. The topological polar surface area (TPSA) is 65.1 Å². The van der Waals surface area contributed by atoms with Gasteiger partial charge in [0.15, 0.2) is 6.29 Å². The van der Waals surface area contributed by atoms with Crippen LogP contribution in [-0.2, 0) is 25.4 Å². The van der Waals surface area contributed by atoms with Crippen LogP contribution in [0.25, 0.3) is 0 Å². The Morgan fingerprint density at radius 2 is 2.03 bits per heavy atom. The molecule has 0 unspecified atom stereocenters. The van der Waals surface area contributed by atoms with Crippen LogP contribution in [0, 0.1) is 0 Å². The largest absolute Gasteiger partial charge is 0.447 e. The van der Waals surface area contributed by atoms with Gasteiger partial charge in [-0.1, -0.05) is 62.2 Å². The molecule has 0 spiro atoms. The molecule has 31 heavy (non-hydrogen) atoms. The predicted molar refractivity (Wildman–Crippen MR) is 124 cm³/mol. The minimum atomic E-state index is -0.877. The Labute approximate surface area is 190 Å². The van der Waals surface area contributed by atoms with Gasteiger partial charge in [-0.05, 0) is 31.1 Å². The first-order valence-corrected chi connectivity index (χ1v) is 11.8. The van der Waals surface area contributed by atoms with Crippen molar-refractivity contribution in [3.63, 3.8) is 0 Å². The average Bonchev–Trinajstić information content (AvgIpc) is 3.14. The standard InChI is InChI=1S/C24H35NO5S/c1-5-6-7-11-15-24(2,31-16-14-21(28-3)29-4)22(26)25-20(18-30-23(25)27)17-19-12-9-8-10-13-19/h8-13,15,20-21H,5-7,14,16-18H2,1-4H3/b15-11+/t20-,24+/m0/s1. The third-order valence-electron chi connectivity index (χ3n) is 5.36. The first-order valence-electron chi connectivity index (χ1n) is 10.9. The molecule has 1 aromatic rings. The van der Waals surface area contributed by atoms with Crippen LogP contribution in [0.3, 0.4) is 0 Å². The van der Waals surface area contributed by atoms with Crippen LogP contribution in [-0.4, -0.2) is 60.6 Å². The zero-order valence-corrected chi connectivity index (χ0v) is 19.9. The number of thioether (sulfide) groups is 1. The molecule has 1 fully saturated rings. The Kier molecular flexibility index (Phi) is 10.6. The molecule has 7 heteroatoms. The molecule has 0 bridgehead atoms. The fourth-order valence-electron chi connectivity index (χ4n) is 3.50. The van der Waals surface area contributed by atoms with Gasteiger partial charge in [-0.25, -0.2) is 9.69 Å². The minimum Gasteiger partial charge on any atom is -0.447 e. The molecule has 1 heterocycles. The van der Waals surface area contributed by atoms with Crippen LogP contribution in [0.1, 0.15) is 45.1 Å². The molecule has 2 atom stereocenters. The molecule has 1 aliphatic rings. The zero-order chi connectivity index (χ0) is 22.7. The highest BCUT2D eigenvalue weighted by Gasteiger charge is 2.45. The van der Waals surface area contributed by atoms with E-state index >= 15 is 0 Å². The van der Waals surface area contributed by atoms with Gasteiger partial charge >= 0.3 is 6.09 Å². The van der Waals surface area contributed by atoms with Gasteiger partial charge in [0.25, 0.3) is 5.91 Å². The number of hydrogen-bond donors (Lipinski definition) is 0. The molecule has 0 aromatic heterocycles. The van der Waals surface area contributed by atoms with Crippen molar-refractivity contribution in [2.45, 2.75) is 63.0 Å². The van der Waals surface area contributed by atoms with E-state index in [9.17, 15) is 9.59 Å². The van der Waals surface area contributed by atoms with Crippen molar-refractivity contribution < 1.29 is 23.8 Å². The number of cyclic esters (lactones) is 1. The summed E-state index contributed by atoms with van der Waals surface area (Å²) in [4.78, 5) is 27.5. The normalized spacial score (nSPS) is 18.5. The number of unbranched alkanes of at least 4 members (excludes halogenated alkanes) is 2. The maximum atomic E-state index is 13.6. The summed E-state index contributed by atoms with van der Waals surface area (Å²) < 4.78 is 14.9. The van der Waals surface area contributed by atoms with Gasteiger partial charge in [0.2, 0.25) is 0 Å².